The van der Waals surface area contributed by atoms with Crippen molar-refractivity contribution < 1.29 is 8.42 Å². The maximum atomic E-state index is 13.3. The van der Waals surface area contributed by atoms with E-state index in [0.717, 1.165) is 55.4 Å². The minimum absolute atomic E-state index is 0.374. The van der Waals surface area contributed by atoms with Crippen molar-refractivity contribution >= 4 is 20.9 Å². The normalized spacial score (nSPS) is 18.8. The predicted octanol–water partition coefficient (Wildman–Crippen LogP) is 3.64. The van der Waals surface area contributed by atoms with Gasteiger partial charge in [0.05, 0.1) is 11.7 Å². The first kappa shape index (κ1) is 18.8. The number of sulfonamides is 1. The topological polar surface area (TPSA) is 68.1 Å². The second kappa shape index (κ2) is 7.22. The van der Waals surface area contributed by atoms with Crippen LogP contribution in [0, 0.1) is 6.92 Å². The van der Waals surface area contributed by atoms with Gasteiger partial charge in [0.2, 0.25) is 0 Å². The minimum Gasteiger partial charge on any atom is -0.318 e. The van der Waals surface area contributed by atoms with Gasteiger partial charge in [-0.05, 0) is 67.9 Å². The molecule has 29 heavy (non-hydrogen) atoms. The Labute approximate surface area is 171 Å². The van der Waals surface area contributed by atoms with Gasteiger partial charge in [0.15, 0.2) is 5.03 Å². The fraction of sp³-hybridized carbons (Fsp3) is 0.455. The summed E-state index contributed by atoms with van der Waals surface area (Å²) in [4.78, 5) is 8.81. The summed E-state index contributed by atoms with van der Waals surface area (Å²) in [7, 11) is -3.49. The highest BCUT2D eigenvalue weighted by Gasteiger charge is 2.33. The molecule has 3 aromatic rings. The van der Waals surface area contributed by atoms with Gasteiger partial charge in [-0.2, -0.15) is 4.31 Å². The van der Waals surface area contributed by atoms with Gasteiger partial charge in [-0.25, -0.2) is 13.4 Å². The molecule has 2 aromatic heterocycles. The molecule has 6 nitrogen and oxygen atoms in total. The number of rotatable bonds is 3. The minimum atomic E-state index is -3.49. The lowest BCUT2D eigenvalue weighted by atomic mass is 9.86. The molecule has 0 spiro atoms. The summed E-state index contributed by atoms with van der Waals surface area (Å²) in [6.45, 7) is 3.99. The molecule has 5 rings (SSSR count). The van der Waals surface area contributed by atoms with Crippen molar-refractivity contribution in [3.63, 3.8) is 0 Å². The monoisotopic (exact) mass is 410 g/mol. The molecule has 0 amide bonds. The summed E-state index contributed by atoms with van der Waals surface area (Å²) in [6, 6.07) is 8.43. The maximum absolute atomic E-state index is 13.3. The molecule has 0 bridgehead atoms. The maximum Gasteiger partial charge on any atom is 0.260 e. The van der Waals surface area contributed by atoms with Crippen molar-refractivity contribution in [2.75, 3.05) is 13.1 Å². The summed E-state index contributed by atoms with van der Waals surface area (Å²) < 4.78 is 30.1. The molecule has 0 unspecified atom stereocenters. The van der Waals surface area contributed by atoms with Gasteiger partial charge < -0.3 is 4.57 Å². The lowest BCUT2D eigenvalue weighted by Gasteiger charge is -2.32. The third-order valence-electron chi connectivity index (χ3n) is 6.42. The van der Waals surface area contributed by atoms with Crippen LogP contribution in [-0.4, -0.2) is 40.3 Å². The van der Waals surface area contributed by atoms with Gasteiger partial charge in [0, 0.05) is 37.6 Å². The van der Waals surface area contributed by atoms with Crippen LogP contribution in [0.5, 0.6) is 0 Å². The van der Waals surface area contributed by atoms with Crippen LogP contribution < -0.4 is 0 Å². The molecule has 0 radical (unpaired) electrons. The van der Waals surface area contributed by atoms with Crippen LogP contribution in [0.4, 0.5) is 0 Å². The van der Waals surface area contributed by atoms with Gasteiger partial charge >= 0.3 is 0 Å². The summed E-state index contributed by atoms with van der Waals surface area (Å²) >= 11 is 0. The number of pyridine rings is 1. The van der Waals surface area contributed by atoms with Crippen LogP contribution in [0.2, 0.25) is 0 Å². The third kappa shape index (κ3) is 3.26. The molecule has 0 saturated carbocycles. The summed E-state index contributed by atoms with van der Waals surface area (Å²) in [5, 5.41) is 1.52. The molecule has 1 saturated heterocycles. The number of aromatic nitrogens is 3. The average Bonchev–Trinajstić information content (AvgIpc) is 3.18. The number of fused-ring (bicyclic) bond motifs is 2. The molecule has 1 aromatic carbocycles. The number of nitrogens with zero attached hydrogens (tertiary/aromatic N) is 4. The van der Waals surface area contributed by atoms with E-state index in [0.29, 0.717) is 24.0 Å². The van der Waals surface area contributed by atoms with Crippen molar-refractivity contribution in [2.45, 2.75) is 56.5 Å². The van der Waals surface area contributed by atoms with E-state index in [-0.39, 0.29) is 0 Å². The van der Waals surface area contributed by atoms with E-state index in [9.17, 15) is 8.42 Å². The fourth-order valence-electron chi connectivity index (χ4n) is 4.82. The zero-order valence-electron chi connectivity index (χ0n) is 16.7. The second-order valence-corrected chi connectivity index (χ2v) is 10.1. The molecular weight excluding hydrogens is 384 g/mol. The van der Waals surface area contributed by atoms with Crippen LogP contribution in [-0.2, 0) is 23.0 Å². The lowest BCUT2D eigenvalue weighted by Crippen LogP contribution is -2.39. The molecule has 2 aliphatic heterocycles. The van der Waals surface area contributed by atoms with Crippen molar-refractivity contribution in [2.24, 2.45) is 0 Å². The van der Waals surface area contributed by atoms with Crippen LogP contribution in [0.3, 0.4) is 0 Å². The predicted molar refractivity (Wildman–Crippen MR) is 112 cm³/mol. The number of piperidine rings is 1. The van der Waals surface area contributed by atoms with Crippen LogP contribution in [0.25, 0.3) is 10.9 Å². The zero-order chi connectivity index (χ0) is 20.0. The highest BCUT2D eigenvalue weighted by Crippen LogP contribution is 2.34. The van der Waals surface area contributed by atoms with E-state index in [1.807, 2.05) is 16.8 Å². The Bertz CT molecular complexity index is 1160. The van der Waals surface area contributed by atoms with Crippen molar-refractivity contribution in [3.8, 4) is 0 Å². The molecule has 7 heteroatoms. The van der Waals surface area contributed by atoms with E-state index in [1.54, 1.807) is 10.5 Å². The summed E-state index contributed by atoms with van der Waals surface area (Å²) in [5.74, 6) is 1.29. The number of aryl methyl sites for hydroxylation is 2. The standard InChI is InChI=1S/C22H26N4O2S/c1-16-13-20-18(5-4-9-23-20)14-19(16)17-7-11-25(12-8-17)29(27,28)22-15-24-21-6-2-3-10-26(21)22/h4-5,9,13-15,17H,2-3,6-8,10-12H2,1H3. The average molecular weight is 411 g/mol. The van der Waals surface area contributed by atoms with E-state index in [2.05, 4.69) is 35.1 Å². The zero-order valence-corrected chi connectivity index (χ0v) is 17.5. The Kier molecular flexibility index (Phi) is 4.67. The van der Waals surface area contributed by atoms with Gasteiger partial charge in [-0.15, -0.1) is 0 Å². The smallest absolute Gasteiger partial charge is 0.260 e. The Morgan fingerprint density at radius 2 is 1.90 bits per heavy atom. The van der Waals surface area contributed by atoms with Crippen molar-refractivity contribution in [1.29, 1.82) is 0 Å². The van der Waals surface area contributed by atoms with E-state index >= 15 is 0 Å². The SMILES string of the molecule is Cc1cc2ncccc2cc1C1CCN(S(=O)(=O)c2cnc3n2CCCC3)CC1. The van der Waals surface area contributed by atoms with Gasteiger partial charge in [0.25, 0.3) is 10.0 Å². The molecule has 0 atom stereocenters. The van der Waals surface area contributed by atoms with Gasteiger partial charge in [-0.3, -0.25) is 4.98 Å². The molecule has 0 aliphatic carbocycles. The molecule has 4 heterocycles. The first-order valence-electron chi connectivity index (χ1n) is 10.4. The second-order valence-electron chi connectivity index (χ2n) is 8.20. The van der Waals surface area contributed by atoms with E-state index in [1.165, 1.54) is 11.1 Å². The number of hydrogen-bond acceptors (Lipinski definition) is 4. The molecule has 2 aliphatic rings. The van der Waals surface area contributed by atoms with Crippen molar-refractivity contribution in [1.82, 2.24) is 18.8 Å². The Morgan fingerprint density at radius 1 is 1.07 bits per heavy atom. The molecule has 1 fully saturated rings. The lowest BCUT2D eigenvalue weighted by molar-refractivity contribution is 0.316. The number of benzene rings is 1. The Balaban J connectivity index is 1.36. The quantitative estimate of drug-likeness (QED) is 0.661. The molecular formula is C22H26N4O2S. The number of hydrogen-bond donors (Lipinski definition) is 0. The largest absolute Gasteiger partial charge is 0.318 e. The third-order valence-corrected chi connectivity index (χ3v) is 8.32. The summed E-state index contributed by atoms with van der Waals surface area (Å²) in [6.07, 6.45) is 8.03. The summed E-state index contributed by atoms with van der Waals surface area (Å²) in [5.41, 5.74) is 3.57. The fourth-order valence-corrected chi connectivity index (χ4v) is 6.43. The molecule has 0 N–H and O–H groups in total. The van der Waals surface area contributed by atoms with Crippen LogP contribution in [0.1, 0.15) is 48.6 Å². The van der Waals surface area contributed by atoms with Gasteiger partial charge in [-0.1, -0.05) is 6.07 Å². The van der Waals surface area contributed by atoms with Crippen LogP contribution >= 0.6 is 0 Å². The van der Waals surface area contributed by atoms with Crippen LogP contribution in [0.15, 0.2) is 41.7 Å². The highest BCUT2D eigenvalue weighted by molar-refractivity contribution is 7.89. The van der Waals surface area contributed by atoms with Gasteiger partial charge in [0.1, 0.15) is 5.82 Å². The molecule has 152 valence electrons. The Morgan fingerprint density at radius 3 is 2.72 bits per heavy atom. The first-order chi connectivity index (χ1) is 14.0. The first-order valence-corrected chi connectivity index (χ1v) is 11.9. The van der Waals surface area contributed by atoms with E-state index in [4.69, 9.17) is 0 Å². The highest BCUT2D eigenvalue weighted by atomic mass is 32.2. The number of imidazole rings is 1. The van der Waals surface area contributed by atoms with Crippen molar-refractivity contribution in [3.05, 3.63) is 53.6 Å². The van der Waals surface area contributed by atoms with E-state index < -0.39 is 10.0 Å². The Hall–Kier alpha value is -2.25.